The van der Waals surface area contributed by atoms with Crippen LogP contribution in [0.5, 0.6) is 5.75 Å². The topological polar surface area (TPSA) is 107 Å². The highest BCUT2D eigenvalue weighted by atomic mass is 32.2. The fraction of sp³-hybridized carbons (Fsp3) is 0.0500. The maximum absolute atomic E-state index is 13.0. The van der Waals surface area contributed by atoms with Crippen molar-refractivity contribution in [2.75, 3.05) is 4.90 Å². The van der Waals surface area contributed by atoms with E-state index in [1.54, 1.807) is 36.4 Å². The van der Waals surface area contributed by atoms with E-state index < -0.39 is 23.6 Å². The van der Waals surface area contributed by atoms with Crippen LogP contribution in [0.2, 0.25) is 0 Å². The van der Waals surface area contributed by atoms with E-state index in [9.17, 15) is 24.3 Å². The van der Waals surface area contributed by atoms with Crippen molar-refractivity contribution in [1.82, 2.24) is 10.4 Å². The Morgan fingerprint density at radius 1 is 1.03 bits per heavy atom. The Bertz CT molecular complexity index is 1190. The fourth-order valence-corrected chi connectivity index (χ4v) is 4.44. The molecule has 1 fully saturated rings. The predicted molar refractivity (Wildman–Crippen MR) is 114 cm³/mol. The van der Waals surface area contributed by atoms with E-state index in [-0.39, 0.29) is 26.1 Å². The number of para-hydroxylation sites is 2. The van der Waals surface area contributed by atoms with Gasteiger partial charge in [-0.1, -0.05) is 42.1 Å². The molecule has 0 atom stereocenters. The van der Waals surface area contributed by atoms with Gasteiger partial charge < -0.3 is 5.11 Å². The maximum atomic E-state index is 13.0. The molecule has 0 radical (unpaired) electrons. The molecule has 2 aromatic rings. The van der Waals surface area contributed by atoms with Crippen LogP contribution in [0.4, 0.5) is 5.69 Å². The summed E-state index contributed by atoms with van der Waals surface area (Å²) in [5.41, 5.74) is 3.19. The summed E-state index contributed by atoms with van der Waals surface area (Å²) >= 11 is 6.07. The number of benzene rings is 2. The van der Waals surface area contributed by atoms with Crippen LogP contribution < -0.4 is 10.3 Å². The summed E-state index contributed by atoms with van der Waals surface area (Å²) in [7, 11) is 0. The number of hydrogen-bond donors (Lipinski definition) is 2. The Kier molecular flexibility index (Phi) is 4.88. The smallest absolute Gasteiger partial charge is 0.286 e. The molecule has 1 saturated heterocycles. The van der Waals surface area contributed by atoms with Gasteiger partial charge in [0.25, 0.3) is 17.7 Å². The first-order chi connectivity index (χ1) is 14.3. The molecule has 0 spiro atoms. The van der Waals surface area contributed by atoms with Crippen LogP contribution >= 0.6 is 24.0 Å². The Morgan fingerprint density at radius 3 is 2.40 bits per heavy atom. The molecule has 2 aliphatic heterocycles. The molecule has 30 heavy (non-hydrogen) atoms. The van der Waals surface area contributed by atoms with Gasteiger partial charge in [0.1, 0.15) is 5.75 Å². The summed E-state index contributed by atoms with van der Waals surface area (Å²) in [5.74, 6) is -2.80. The highest BCUT2D eigenvalue weighted by molar-refractivity contribution is 8.26. The van der Waals surface area contributed by atoms with Crippen molar-refractivity contribution in [3.05, 3.63) is 64.6 Å². The number of hydrogen-bond acceptors (Lipinski definition) is 7. The van der Waals surface area contributed by atoms with E-state index in [2.05, 4.69) is 5.43 Å². The molecule has 0 aliphatic carbocycles. The predicted octanol–water partition coefficient (Wildman–Crippen LogP) is 2.20. The third-order valence-corrected chi connectivity index (χ3v) is 5.88. The van der Waals surface area contributed by atoms with Gasteiger partial charge in [0.15, 0.2) is 4.32 Å². The number of rotatable bonds is 2. The third-order valence-electron chi connectivity index (χ3n) is 4.50. The molecule has 2 aromatic carbocycles. The standard InChI is InChI=1S/C20H13N3O5S2/c1-10(24)22-13-8-4-2-6-11(13)15(18(22)27)16-19(28)23(20(29)30-16)21-17(26)12-7-3-5-9-14(12)25/h2-9,25H,1H3,(H,21,26)/b16-15-. The number of carbonyl (C=O) groups excluding carboxylic acids is 4. The summed E-state index contributed by atoms with van der Waals surface area (Å²) in [6.07, 6.45) is 0. The summed E-state index contributed by atoms with van der Waals surface area (Å²) in [6, 6.07) is 12.5. The van der Waals surface area contributed by atoms with Crippen molar-refractivity contribution in [3.8, 4) is 5.75 Å². The van der Waals surface area contributed by atoms with Crippen molar-refractivity contribution in [2.24, 2.45) is 0 Å². The molecule has 0 saturated carbocycles. The molecule has 0 aromatic heterocycles. The number of nitrogens with zero attached hydrogens (tertiary/aromatic N) is 2. The normalized spacial score (nSPS) is 18.1. The van der Waals surface area contributed by atoms with Crippen LogP contribution in [0.25, 0.3) is 5.57 Å². The largest absolute Gasteiger partial charge is 0.507 e. The van der Waals surface area contributed by atoms with Gasteiger partial charge in [0.05, 0.1) is 21.7 Å². The molecule has 2 heterocycles. The summed E-state index contributed by atoms with van der Waals surface area (Å²) in [5, 5.41) is 10.7. The summed E-state index contributed by atoms with van der Waals surface area (Å²) < 4.78 is 0.0119. The Labute approximate surface area is 180 Å². The van der Waals surface area contributed by atoms with E-state index in [1.807, 2.05) is 0 Å². The molecule has 0 bridgehead atoms. The minimum atomic E-state index is -0.737. The van der Waals surface area contributed by atoms with Crippen LogP contribution in [-0.2, 0) is 14.4 Å². The first kappa shape index (κ1) is 19.8. The Balaban J connectivity index is 1.71. The number of fused-ring (bicyclic) bond motifs is 1. The fourth-order valence-electron chi connectivity index (χ4n) is 3.19. The average molecular weight is 439 g/mol. The number of phenolic OH excluding ortho intramolecular Hbond substituents is 1. The molecule has 10 heteroatoms. The second-order valence-corrected chi connectivity index (χ2v) is 7.99. The monoisotopic (exact) mass is 439 g/mol. The summed E-state index contributed by atoms with van der Waals surface area (Å²) in [6.45, 7) is 1.26. The number of thiocarbonyl (C=S) groups is 1. The van der Waals surface area contributed by atoms with E-state index >= 15 is 0 Å². The van der Waals surface area contributed by atoms with Gasteiger partial charge >= 0.3 is 0 Å². The van der Waals surface area contributed by atoms with Crippen molar-refractivity contribution < 1.29 is 24.3 Å². The Hall–Kier alpha value is -3.50. The number of aromatic hydroxyl groups is 1. The van der Waals surface area contributed by atoms with Crippen LogP contribution in [0.1, 0.15) is 22.8 Å². The zero-order valence-electron chi connectivity index (χ0n) is 15.4. The lowest BCUT2D eigenvalue weighted by molar-refractivity contribution is -0.125. The first-order valence-electron chi connectivity index (χ1n) is 8.65. The van der Waals surface area contributed by atoms with Gasteiger partial charge in [-0.2, -0.15) is 5.01 Å². The second-order valence-electron chi connectivity index (χ2n) is 6.35. The number of nitrogens with one attached hydrogen (secondary N) is 1. The van der Waals surface area contributed by atoms with E-state index in [0.29, 0.717) is 11.3 Å². The number of thioether (sulfide) groups is 1. The van der Waals surface area contributed by atoms with Crippen molar-refractivity contribution in [1.29, 1.82) is 0 Å². The SMILES string of the molecule is CC(=O)N1C(=O)/C(=C2\SC(=S)N(NC(=O)c3ccccc3O)C2=O)c2ccccc21. The van der Waals surface area contributed by atoms with E-state index in [1.165, 1.54) is 19.1 Å². The van der Waals surface area contributed by atoms with Crippen LogP contribution in [0.15, 0.2) is 53.4 Å². The molecule has 0 unspecified atom stereocenters. The lowest BCUT2D eigenvalue weighted by Crippen LogP contribution is -2.45. The minimum Gasteiger partial charge on any atom is -0.507 e. The van der Waals surface area contributed by atoms with Gasteiger partial charge in [-0.3, -0.25) is 24.6 Å². The molecule has 150 valence electrons. The maximum Gasteiger partial charge on any atom is 0.286 e. The second kappa shape index (κ2) is 7.39. The van der Waals surface area contributed by atoms with Crippen LogP contribution in [0, 0.1) is 0 Å². The molecule has 2 aliphatic rings. The number of amides is 4. The van der Waals surface area contributed by atoms with Crippen LogP contribution in [0.3, 0.4) is 0 Å². The average Bonchev–Trinajstić information content (AvgIpc) is 3.15. The van der Waals surface area contributed by atoms with Gasteiger partial charge in [0, 0.05) is 12.5 Å². The first-order valence-corrected chi connectivity index (χ1v) is 9.87. The molecule has 4 amide bonds. The van der Waals surface area contributed by atoms with Crippen molar-refractivity contribution in [2.45, 2.75) is 6.92 Å². The summed E-state index contributed by atoms with van der Waals surface area (Å²) in [4.78, 5) is 51.4. The highest BCUT2D eigenvalue weighted by Crippen LogP contribution is 2.44. The van der Waals surface area contributed by atoms with Gasteiger partial charge in [0.2, 0.25) is 5.91 Å². The van der Waals surface area contributed by atoms with Gasteiger partial charge in [-0.15, -0.1) is 0 Å². The molecule has 8 nitrogen and oxygen atoms in total. The lowest BCUT2D eigenvalue weighted by atomic mass is 10.1. The number of phenols is 1. The minimum absolute atomic E-state index is 0.0119. The quantitative estimate of drug-likeness (QED) is 0.546. The molecular weight excluding hydrogens is 426 g/mol. The van der Waals surface area contributed by atoms with E-state index in [4.69, 9.17) is 12.2 Å². The molecular formula is C20H13N3O5S2. The molecule has 4 rings (SSSR count). The highest BCUT2D eigenvalue weighted by Gasteiger charge is 2.43. The Morgan fingerprint density at radius 2 is 1.70 bits per heavy atom. The zero-order valence-corrected chi connectivity index (χ0v) is 17.0. The van der Waals surface area contributed by atoms with Crippen molar-refractivity contribution in [3.63, 3.8) is 0 Å². The number of imide groups is 1. The number of anilines is 1. The van der Waals surface area contributed by atoms with Crippen molar-refractivity contribution >= 4 is 63.2 Å². The van der Waals surface area contributed by atoms with Crippen LogP contribution in [-0.4, -0.2) is 38.1 Å². The number of carbonyl (C=O) groups is 4. The third kappa shape index (κ3) is 3.06. The molecule has 2 N–H and O–H groups in total. The van der Waals surface area contributed by atoms with Gasteiger partial charge in [-0.05, 0) is 30.4 Å². The zero-order chi connectivity index (χ0) is 21.6. The number of hydrazine groups is 1. The van der Waals surface area contributed by atoms with E-state index in [0.717, 1.165) is 21.7 Å². The lowest BCUT2D eigenvalue weighted by Gasteiger charge is -2.16. The van der Waals surface area contributed by atoms with Gasteiger partial charge in [-0.25, -0.2) is 4.90 Å².